The van der Waals surface area contributed by atoms with Gasteiger partial charge in [0, 0.05) is 31.7 Å². The van der Waals surface area contributed by atoms with Crippen molar-refractivity contribution in [3.05, 3.63) is 30.3 Å². The number of hydrogen-bond acceptors (Lipinski definition) is 2. The van der Waals surface area contributed by atoms with Crippen LogP contribution in [-0.4, -0.2) is 31.9 Å². The number of rotatable bonds is 6. The summed E-state index contributed by atoms with van der Waals surface area (Å²) < 4.78 is 0. The first-order valence-electron chi connectivity index (χ1n) is 6.08. The molecule has 1 aromatic rings. The van der Waals surface area contributed by atoms with E-state index in [1.54, 1.807) is 0 Å². The Morgan fingerprint density at radius 1 is 1.33 bits per heavy atom. The minimum absolute atomic E-state index is 0.000961. The van der Waals surface area contributed by atoms with Gasteiger partial charge in [0.15, 0.2) is 0 Å². The summed E-state index contributed by atoms with van der Waals surface area (Å²) in [6.07, 6.45) is 0. The molecule has 1 amide bonds. The topological polar surface area (TPSA) is 32.3 Å². The van der Waals surface area contributed by atoms with Crippen LogP contribution in [0.25, 0.3) is 0 Å². The van der Waals surface area contributed by atoms with Gasteiger partial charge in [-0.05, 0) is 26.0 Å². The van der Waals surface area contributed by atoms with Crippen molar-refractivity contribution in [2.75, 3.05) is 30.9 Å². The number of para-hydroxylation sites is 1. The first-order valence-corrected chi connectivity index (χ1v) is 6.61. The van der Waals surface area contributed by atoms with E-state index in [0.717, 1.165) is 12.2 Å². The first-order chi connectivity index (χ1) is 8.47. The van der Waals surface area contributed by atoms with Gasteiger partial charge in [-0.1, -0.05) is 18.2 Å². The second-order valence-corrected chi connectivity index (χ2v) is 5.30. The summed E-state index contributed by atoms with van der Waals surface area (Å²) in [6.45, 7) is 5.07. The average molecular weight is 269 g/mol. The minimum Gasteiger partial charge on any atom is -0.373 e. The molecule has 0 bridgehead atoms. The molecule has 0 saturated carbocycles. The summed E-state index contributed by atoms with van der Waals surface area (Å²) in [4.78, 5) is 13.9. The molecule has 18 heavy (non-hydrogen) atoms. The number of benzene rings is 1. The molecule has 0 aliphatic carbocycles. The predicted octanol–water partition coefficient (Wildman–Crippen LogP) is 2.50. The van der Waals surface area contributed by atoms with Crippen molar-refractivity contribution in [3.63, 3.8) is 0 Å². The third-order valence-electron chi connectivity index (χ3n) is 2.88. The van der Waals surface area contributed by atoms with E-state index in [9.17, 15) is 4.79 Å². The first kappa shape index (κ1) is 14.8. The quantitative estimate of drug-likeness (QED) is 0.804. The molecule has 3 nitrogen and oxygen atoms in total. The lowest BCUT2D eigenvalue weighted by Crippen LogP contribution is -2.41. The van der Waals surface area contributed by atoms with Gasteiger partial charge < -0.3 is 10.2 Å². The molecule has 1 N–H and O–H groups in total. The molecule has 0 aliphatic heterocycles. The Labute approximate surface area is 114 Å². The molecule has 0 atom stereocenters. The molecule has 0 unspecified atom stereocenters. The van der Waals surface area contributed by atoms with Crippen molar-refractivity contribution in [2.24, 2.45) is 5.41 Å². The molecule has 0 radical (unpaired) electrons. The molecule has 1 aromatic carbocycles. The smallest absolute Gasteiger partial charge is 0.226 e. The number of anilines is 1. The maximum atomic E-state index is 11.8. The van der Waals surface area contributed by atoms with Gasteiger partial charge in [0.1, 0.15) is 0 Å². The van der Waals surface area contributed by atoms with E-state index in [0.29, 0.717) is 12.4 Å². The number of alkyl halides is 1. The van der Waals surface area contributed by atoms with Crippen molar-refractivity contribution in [1.29, 1.82) is 0 Å². The Kier molecular flexibility index (Phi) is 5.48. The molecule has 0 aromatic heterocycles. The summed E-state index contributed by atoms with van der Waals surface area (Å²) in [5, 5.41) is 2.91. The maximum Gasteiger partial charge on any atom is 0.226 e. The number of amides is 1. The van der Waals surface area contributed by atoms with Gasteiger partial charge in [0.2, 0.25) is 5.91 Å². The number of likely N-dealkylation sites (N-methyl/N-ethyl adjacent to an activating group) is 1. The van der Waals surface area contributed by atoms with Crippen LogP contribution in [0.2, 0.25) is 0 Å². The van der Waals surface area contributed by atoms with Crippen LogP contribution < -0.4 is 10.2 Å². The number of carbonyl (C=O) groups excluding carboxylic acids is 1. The van der Waals surface area contributed by atoms with Gasteiger partial charge in [-0.3, -0.25) is 4.79 Å². The summed E-state index contributed by atoms with van der Waals surface area (Å²) in [6, 6.07) is 10.1. The fraction of sp³-hybridized carbons (Fsp3) is 0.500. The lowest BCUT2D eigenvalue weighted by Gasteiger charge is -2.23. The van der Waals surface area contributed by atoms with Crippen LogP contribution in [0.5, 0.6) is 0 Å². The average Bonchev–Trinajstić information content (AvgIpc) is 2.39. The van der Waals surface area contributed by atoms with E-state index in [1.165, 1.54) is 0 Å². The number of carbonyl (C=O) groups is 1. The fourth-order valence-corrected chi connectivity index (χ4v) is 1.57. The van der Waals surface area contributed by atoms with E-state index in [-0.39, 0.29) is 5.91 Å². The highest BCUT2D eigenvalue weighted by Crippen LogP contribution is 2.16. The van der Waals surface area contributed by atoms with Crippen molar-refractivity contribution in [1.82, 2.24) is 5.32 Å². The maximum absolute atomic E-state index is 11.8. The molecule has 0 aliphatic rings. The lowest BCUT2D eigenvalue weighted by atomic mass is 9.95. The normalized spacial score (nSPS) is 11.1. The highest BCUT2D eigenvalue weighted by atomic mass is 35.5. The third-order valence-corrected chi connectivity index (χ3v) is 3.55. The van der Waals surface area contributed by atoms with Crippen LogP contribution in [0.3, 0.4) is 0 Å². The zero-order valence-electron chi connectivity index (χ0n) is 11.2. The largest absolute Gasteiger partial charge is 0.373 e. The molecule has 0 spiro atoms. The van der Waals surface area contributed by atoms with Crippen LogP contribution in [0.1, 0.15) is 13.8 Å². The fourth-order valence-electron chi connectivity index (χ4n) is 1.45. The van der Waals surface area contributed by atoms with Crippen LogP contribution >= 0.6 is 11.6 Å². The lowest BCUT2D eigenvalue weighted by molar-refractivity contribution is -0.128. The van der Waals surface area contributed by atoms with Gasteiger partial charge in [-0.15, -0.1) is 11.6 Å². The second-order valence-electron chi connectivity index (χ2n) is 5.03. The summed E-state index contributed by atoms with van der Waals surface area (Å²) >= 11 is 5.75. The van der Waals surface area contributed by atoms with Crippen molar-refractivity contribution in [3.8, 4) is 0 Å². The van der Waals surface area contributed by atoms with Crippen molar-refractivity contribution in [2.45, 2.75) is 13.8 Å². The van der Waals surface area contributed by atoms with E-state index in [4.69, 9.17) is 11.6 Å². The zero-order valence-corrected chi connectivity index (χ0v) is 12.0. The monoisotopic (exact) mass is 268 g/mol. The van der Waals surface area contributed by atoms with Gasteiger partial charge in [0.05, 0.1) is 5.41 Å². The standard InChI is InChI=1S/C14H21ClN2O/c1-14(2,11-15)13(18)16-9-10-17(3)12-7-5-4-6-8-12/h4-8H,9-11H2,1-3H3,(H,16,18). The SMILES string of the molecule is CN(CCNC(=O)C(C)(C)CCl)c1ccccc1. The van der Waals surface area contributed by atoms with Gasteiger partial charge >= 0.3 is 0 Å². The minimum atomic E-state index is -0.507. The highest BCUT2D eigenvalue weighted by Gasteiger charge is 2.25. The Morgan fingerprint density at radius 3 is 2.50 bits per heavy atom. The van der Waals surface area contributed by atoms with E-state index < -0.39 is 5.41 Å². The van der Waals surface area contributed by atoms with Gasteiger partial charge in [-0.2, -0.15) is 0 Å². The molecular formula is C14H21ClN2O. The Morgan fingerprint density at radius 2 is 1.94 bits per heavy atom. The van der Waals surface area contributed by atoms with Gasteiger partial charge in [0.25, 0.3) is 0 Å². The Hall–Kier alpha value is -1.22. The molecule has 100 valence electrons. The van der Waals surface area contributed by atoms with Crippen LogP contribution in [0.4, 0.5) is 5.69 Å². The Balaban J connectivity index is 2.37. The van der Waals surface area contributed by atoms with Crippen LogP contribution in [-0.2, 0) is 4.79 Å². The number of nitrogens with zero attached hydrogens (tertiary/aromatic N) is 1. The van der Waals surface area contributed by atoms with Crippen molar-refractivity contribution >= 4 is 23.2 Å². The molecule has 0 saturated heterocycles. The van der Waals surface area contributed by atoms with E-state index >= 15 is 0 Å². The van der Waals surface area contributed by atoms with Crippen LogP contribution in [0, 0.1) is 5.41 Å². The molecular weight excluding hydrogens is 248 g/mol. The van der Waals surface area contributed by atoms with Gasteiger partial charge in [-0.25, -0.2) is 0 Å². The molecule has 1 rings (SSSR count). The summed E-state index contributed by atoms with van der Waals surface area (Å²) in [5.74, 6) is 0.326. The second kappa shape index (κ2) is 6.64. The molecule has 0 fully saturated rings. The molecule has 0 heterocycles. The van der Waals surface area contributed by atoms with E-state index in [1.807, 2.05) is 51.2 Å². The third kappa shape index (κ3) is 4.22. The summed E-state index contributed by atoms with van der Waals surface area (Å²) in [7, 11) is 2.01. The molecule has 4 heteroatoms. The highest BCUT2D eigenvalue weighted by molar-refractivity contribution is 6.19. The predicted molar refractivity (Wildman–Crippen MR) is 77.2 cm³/mol. The van der Waals surface area contributed by atoms with E-state index in [2.05, 4.69) is 10.2 Å². The zero-order chi connectivity index (χ0) is 13.6. The summed E-state index contributed by atoms with van der Waals surface area (Å²) in [5.41, 5.74) is 0.635. The number of nitrogens with one attached hydrogen (secondary N) is 1. The number of halogens is 1. The number of hydrogen-bond donors (Lipinski definition) is 1. The Bertz CT molecular complexity index is 379. The van der Waals surface area contributed by atoms with Crippen LogP contribution in [0.15, 0.2) is 30.3 Å². The van der Waals surface area contributed by atoms with Crippen molar-refractivity contribution < 1.29 is 4.79 Å².